The van der Waals surface area contributed by atoms with Crippen LogP contribution in [0.4, 0.5) is 0 Å². The highest BCUT2D eigenvalue weighted by atomic mass is 35.5. The van der Waals surface area contributed by atoms with Gasteiger partial charge in [-0.2, -0.15) is 5.26 Å². The molecule has 11 heavy (non-hydrogen) atoms. The van der Waals surface area contributed by atoms with Crippen molar-refractivity contribution in [3.8, 4) is 6.07 Å². The van der Waals surface area contributed by atoms with Gasteiger partial charge in [-0.1, -0.05) is 0 Å². The van der Waals surface area contributed by atoms with Crippen LogP contribution in [0.5, 0.6) is 0 Å². The monoisotopic (exact) mass is 169 g/mol. The summed E-state index contributed by atoms with van der Waals surface area (Å²) in [5.74, 6) is 0.248. The van der Waals surface area contributed by atoms with E-state index in [1.54, 1.807) is 0 Å². The van der Waals surface area contributed by atoms with Crippen LogP contribution in [0.2, 0.25) is 0 Å². The number of alkyl halides is 1. The molecular weight excluding hydrogens is 162 g/mol. The van der Waals surface area contributed by atoms with E-state index in [2.05, 4.69) is 6.07 Å². The lowest BCUT2D eigenvalue weighted by Gasteiger charge is -2.65. The minimum absolute atomic E-state index is 0.113. The van der Waals surface area contributed by atoms with Crippen molar-refractivity contribution in [3.63, 3.8) is 0 Å². The van der Waals surface area contributed by atoms with Crippen LogP contribution in [0.25, 0.3) is 0 Å². The van der Waals surface area contributed by atoms with Gasteiger partial charge >= 0.3 is 0 Å². The third kappa shape index (κ3) is 0.648. The molecule has 0 aromatic rings. The second-order valence-corrected chi connectivity index (χ2v) is 4.03. The summed E-state index contributed by atoms with van der Waals surface area (Å²) >= 11 is 5.43. The van der Waals surface area contributed by atoms with Crippen LogP contribution >= 0.6 is 11.6 Å². The molecule has 0 aromatic carbocycles. The number of nitrogens with zero attached hydrogens (tertiary/aromatic N) is 1. The van der Waals surface area contributed by atoms with E-state index in [0.717, 1.165) is 19.3 Å². The molecule has 2 nitrogen and oxygen atoms in total. The van der Waals surface area contributed by atoms with Crippen molar-refractivity contribution in [3.05, 3.63) is 0 Å². The highest BCUT2D eigenvalue weighted by Crippen LogP contribution is 2.73. The van der Waals surface area contributed by atoms with Gasteiger partial charge < -0.3 is 0 Å². The molecule has 58 valence electrons. The molecular formula is C8H8ClNO. The maximum absolute atomic E-state index is 11.2. The predicted molar refractivity (Wildman–Crippen MR) is 40.1 cm³/mol. The first kappa shape index (κ1) is 7.12. The molecule has 0 atom stereocenters. The summed E-state index contributed by atoms with van der Waals surface area (Å²) in [7, 11) is 0. The molecule has 3 saturated carbocycles. The van der Waals surface area contributed by atoms with Crippen LogP contribution in [0.3, 0.4) is 0 Å². The Balaban J connectivity index is 2.05. The fraction of sp³-hybridized carbons (Fsp3) is 0.750. The molecule has 0 amide bonds. The average Bonchev–Trinajstić information content (AvgIpc) is 1.83. The number of Topliss-reactive ketones (excluding diaryl/α,β-unsaturated/α-hetero) is 1. The molecule has 3 fully saturated rings. The van der Waals surface area contributed by atoms with Crippen LogP contribution in [-0.4, -0.2) is 11.7 Å². The first-order valence-corrected chi connectivity index (χ1v) is 4.20. The third-order valence-corrected chi connectivity index (χ3v) is 3.22. The minimum Gasteiger partial charge on any atom is -0.298 e. The fourth-order valence-electron chi connectivity index (χ4n) is 2.34. The number of hydrogen-bond donors (Lipinski definition) is 0. The number of carbonyl (C=O) groups is 1. The molecule has 3 heteroatoms. The van der Waals surface area contributed by atoms with E-state index in [-0.39, 0.29) is 22.5 Å². The number of halogens is 1. The van der Waals surface area contributed by atoms with Gasteiger partial charge in [0.1, 0.15) is 0 Å². The Kier molecular flexibility index (Phi) is 1.15. The highest BCUT2D eigenvalue weighted by molar-refractivity contribution is 6.28. The van der Waals surface area contributed by atoms with Crippen molar-refractivity contribution in [2.24, 2.45) is 10.8 Å². The summed E-state index contributed by atoms with van der Waals surface area (Å²) in [5.41, 5.74) is -0.279. The first-order valence-electron chi connectivity index (χ1n) is 3.67. The number of ketones is 1. The van der Waals surface area contributed by atoms with E-state index >= 15 is 0 Å². The average molecular weight is 170 g/mol. The SMILES string of the molecule is N#CC12CC(C(=O)CCl)(C1)C2. The molecule has 3 rings (SSSR count). The van der Waals surface area contributed by atoms with E-state index in [0.29, 0.717) is 0 Å². The zero-order chi connectivity index (χ0) is 8.11. The Morgan fingerprint density at radius 3 is 2.45 bits per heavy atom. The van der Waals surface area contributed by atoms with E-state index in [4.69, 9.17) is 16.9 Å². The van der Waals surface area contributed by atoms with Gasteiger partial charge in [-0.15, -0.1) is 11.6 Å². The fourth-order valence-corrected chi connectivity index (χ4v) is 2.63. The number of rotatable bonds is 2. The first-order chi connectivity index (χ1) is 5.16. The van der Waals surface area contributed by atoms with Crippen LogP contribution in [0.1, 0.15) is 19.3 Å². The predicted octanol–water partition coefficient (Wildman–Crippen LogP) is 1.49. The van der Waals surface area contributed by atoms with Crippen molar-refractivity contribution < 1.29 is 4.79 Å². The van der Waals surface area contributed by atoms with E-state index in [1.807, 2.05) is 0 Å². The number of carbonyl (C=O) groups excluding carboxylic acids is 1. The quantitative estimate of drug-likeness (QED) is 0.588. The van der Waals surface area contributed by atoms with Crippen LogP contribution in [0.15, 0.2) is 0 Å². The molecule has 0 aromatic heterocycles. The molecule has 2 bridgehead atoms. The molecule has 0 aliphatic heterocycles. The van der Waals surface area contributed by atoms with Crippen molar-refractivity contribution in [2.75, 3.05) is 5.88 Å². The lowest BCUT2D eigenvalue weighted by molar-refractivity contribution is -0.180. The second-order valence-electron chi connectivity index (χ2n) is 3.76. The molecule has 0 radical (unpaired) electrons. The summed E-state index contributed by atoms with van der Waals surface area (Å²) in [5, 5.41) is 8.66. The normalized spacial score (nSPS) is 45.1. The Hall–Kier alpha value is -0.550. The largest absolute Gasteiger partial charge is 0.298 e. The zero-order valence-corrected chi connectivity index (χ0v) is 6.82. The van der Waals surface area contributed by atoms with Crippen LogP contribution in [-0.2, 0) is 4.79 Å². The number of hydrogen-bond acceptors (Lipinski definition) is 2. The van der Waals surface area contributed by atoms with Crippen molar-refractivity contribution >= 4 is 17.4 Å². The van der Waals surface area contributed by atoms with Crippen LogP contribution in [0, 0.1) is 22.2 Å². The van der Waals surface area contributed by atoms with Gasteiger partial charge in [-0.25, -0.2) is 0 Å². The molecule has 3 aliphatic rings. The van der Waals surface area contributed by atoms with E-state index in [1.165, 1.54) is 0 Å². The summed E-state index contributed by atoms with van der Waals surface area (Å²) in [6.45, 7) is 0. The van der Waals surface area contributed by atoms with Crippen LogP contribution < -0.4 is 0 Å². The minimum atomic E-state index is -0.155. The summed E-state index contributed by atoms with van der Waals surface area (Å²) in [4.78, 5) is 11.2. The van der Waals surface area contributed by atoms with Gasteiger partial charge in [0, 0.05) is 5.41 Å². The van der Waals surface area contributed by atoms with Gasteiger partial charge in [0.2, 0.25) is 0 Å². The molecule has 3 aliphatic carbocycles. The van der Waals surface area contributed by atoms with Crippen molar-refractivity contribution in [2.45, 2.75) is 19.3 Å². The smallest absolute Gasteiger partial charge is 0.153 e. The van der Waals surface area contributed by atoms with Gasteiger partial charge in [0.25, 0.3) is 0 Å². The van der Waals surface area contributed by atoms with Gasteiger partial charge in [0.15, 0.2) is 5.78 Å². The van der Waals surface area contributed by atoms with E-state index in [9.17, 15) is 4.79 Å². The molecule has 0 unspecified atom stereocenters. The maximum Gasteiger partial charge on any atom is 0.153 e. The Labute approximate surface area is 70.1 Å². The summed E-state index contributed by atoms with van der Waals surface area (Å²) in [6.07, 6.45) is 2.30. The molecule has 0 heterocycles. The third-order valence-electron chi connectivity index (χ3n) is 2.98. The Morgan fingerprint density at radius 2 is 2.09 bits per heavy atom. The zero-order valence-electron chi connectivity index (χ0n) is 6.06. The van der Waals surface area contributed by atoms with E-state index < -0.39 is 0 Å². The summed E-state index contributed by atoms with van der Waals surface area (Å²) < 4.78 is 0. The second kappa shape index (κ2) is 1.78. The lowest BCUT2D eigenvalue weighted by atomic mass is 9.34. The topological polar surface area (TPSA) is 40.9 Å². The van der Waals surface area contributed by atoms with Crippen molar-refractivity contribution in [1.82, 2.24) is 0 Å². The number of nitriles is 1. The van der Waals surface area contributed by atoms with Gasteiger partial charge in [-0.05, 0) is 19.3 Å². The molecule has 0 saturated heterocycles. The van der Waals surface area contributed by atoms with Crippen molar-refractivity contribution in [1.29, 1.82) is 5.26 Å². The van der Waals surface area contributed by atoms with Gasteiger partial charge in [0.05, 0.1) is 17.4 Å². The Morgan fingerprint density at radius 1 is 1.55 bits per heavy atom. The summed E-state index contributed by atoms with van der Waals surface area (Å²) in [6, 6.07) is 2.25. The maximum atomic E-state index is 11.2. The molecule has 0 spiro atoms. The lowest BCUT2D eigenvalue weighted by Crippen LogP contribution is -2.64. The standard InChI is InChI=1S/C8H8ClNO/c9-1-6(11)8-2-7(3-8,4-8)5-10/h1-4H2. The van der Waals surface area contributed by atoms with Gasteiger partial charge in [-0.3, -0.25) is 4.79 Å². The highest BCUT2D eigenvalue weighted by Gasteiger charge is 2.71. The molecule has 0 N–H and O–H groups in total. The Bertz CT molecular complexity index is 246.